The Morgan fingerprint density at radius 3 is 2.36 bits per heavy atom. The van der Waals surface area contributed by atoms with Gasteiger partial charge in [-0.15, -0.1) is 0 Å². The summed E-state index contributed by atoms with van der Waals surface area (Å²) < 4.78 is 0. The molecule has 2 rings (SSSR count). The van der Waals surface area contributed by atoms with Gasteiger partial charge in [0, 0.05) is 12.2 Å². The summed E-state index contributed by atoms with van der Waals surface area (Å²) in [5.41, 5.74) is 2.20. The summed E-state index contributed by atoms with van der Waals surface area (Å²) in [7, 11) is 0. The topological polar surface area (TPSA) is 43.7 Å². The fourth-order valence-electron chi connectivity index (χ4n) is 3.93. The minimum atomic E-state index is -0.352. The average Bonchev–Trinajstić information content (AvgIpc) is 3.00. The van der Waals surface area contributed by atoms with Crippen LogP contribution in [0.1, 0.15) is 89.7 Å². The molecular formula is C22H37NO2. The number of hydrogen-bond acceptors (Lipinski definition) is 3. The lowest BCUT2D eigenvalue weighted by Crippen LogP contribution is -2.35. The van der Waals surface area contributed by atoms with Crippen LogP contribution in [-0.2, 0) is 0 Å². The normalized spacial score (nSPS) is 21.7. The van der Waals surface area contributed by atoms with Crippen molar-refractivity contribution in [2.24, 2.45) is 0 Å². The first kappa shape index (κ1) is 20.3. The molecule has 1 heterocycles. The van der Waals surface area contributed by atoms with Gasteiger partial charge < -0.3 is 15.1 Å². The molecule has 0 spiro atoms. The molecule has 3 unspecified atom stereocenters. The molecule has 3 heteroatoms. The highest BCUT2D eigenvalue weighted by Gasteiger charge is 2.32. The number of aliphatic hydroxyl groups is 2. The van der Waals surface area contributed by atoms with Crippen LogP contribution < -0.4 is 4.90 Å². The van der Waals surface area contributed by atoms with Crippen LogP contribution in [-0.4, -0.2) is 28.9 Å². The van der Waals surface area contributed by atoms with Gasteiger partial charge in [-0.05, 0) is 37.0 Å². The molecule has 1 fully saturated rings. The van der Waals surface area contributed by atoms with Crippen molar-refractivity contribution >= 4 is 5.69 Å². The van der Waals surface area contributed by atoms with Gasteiger partial charge in [0.1, 0.15) is 0 Å². The van der Waals surface area contributed by atoms with E-state index in [4.69, 9.17) is 0 Å². The van der Waals surface area contributed by atoms with Crippen LogP contribution in [0.25, 0.3) is 0 Å². The van der Waals surface area contributed by atoms with E-state index >= 15 is 0 Å². The van der Waals surface area contributed by atoms with Crippen LogP contribution in [0.3, 0.4) is 0 Å². The number of nitrogens with zero attached hydrogens (tertiary/aromatic N) is 1. The van der Waals surface area contributed by atoms with E-state index in [9.17, 15) is 10.2 Å². The zero-order valence-electron chi connectivity index (χ0n) is 16.2. The quantitative estimate of drug-likeness (QED) is 0.540. The largest absolute Gasteiger partial charge is 0.391 e. The van der Waals surface area contributed by atoms with Crippen molar-refractivity contribution in [2.75, 3.05) is 11.4 Å². The first-order valence-electron chi connectivity index (χ1n) is 10.4. The summed E-state index contributed by atoms with van der Waals surface area (Å²) in [6.07, 6.45) is 10.7. The maximum atomic E-state index is 10.4. The van der Waals surface area contributed by atoms with E-state index in [2.05, 4.69) is 43.0 Å². The van der Waals surface area contributed by atoms with Gasteiger partial charge >= 0.3 is 0 Å². The molecule has 1 aliphatic rings. The van der Waals surface area contributed by atoms with Crippen molar-refractivity contribution in [1.29, 1.82) is 0 Å². The Morgan fingerprint density at radius 1 is 1.00 bits per heavy atom. The van der Waals surface area contributed by atoms with Crippen molar-refractivity contribution < 1.29 is 10.2 Å². The van der Waals surface area contributed by atoms with Crippen molar-refractivity contribution in [3.63, 3.8) is 0 Å². The molecule has 3 atom stereocenters. The molecule has 1 aromatic rings. The second kappa shape index (κ2) is 10.8. The predicted molar refractivity (Wildman–Crippen MR) is 106 cm³/mol. The third-order valence-corrected chi connectivity index (χ3v) is 5.55. The highest BCUT2D eigenvalue weighted by atomic mass is 16.3. The number of unbranched alkanes of at least 4 members (excludes halogenated alkanes) is 5. The Labute approximate surface area is 154 Å². The molecule has 0 amide bonds. The van der Waals surface area contributed by atoms with Crippen molar-refractivity contribution in [3.05, 3.63) is 29.8 Å². The summed E-state index contributed by atoms with van der Waals surface area (Å²) in [6.45, 7) is 5.34. The van der Waals surface area contributed by atoms with E-state index in [1.54, 1.807) is 0 Å². The molecule has 0 radical (unpaired) electrons. The fourth-order valence-corrected chi connectivity index (χ4v) is 3.93. The molecule has 142 valence electrons. The van der Waals surface area contributed by atoms with E-state index in [1.807, 2.05) is 0 Å². The van der Waals surface area contributed by atoms with Crippen LogP contribution in [0.2, 0.25) is 0 Å². The van der Waals surface area contributed by atoms with Crippen LogP contribution in [0, 0.1) is 0 Å². The third kappa shape index (κ3) is 6.00. The summed E-state index contributed by atoms with van der Waals surface area (Å²) in [5, 5.41) is 20.7. The average molecular weight is 348 g/mol. The molecule has 0 saturated carbocycles. The molecule has 3 nitrogen and oxygen atoms in total. The lowest BCUT2D eigenvalue weighted by atomic mass is 10.0. The molecule has 1 saturated heterocycles. The number of hydrogen-bond donors (Lipinski definition) is 2. The van der Waals surface area contributed by atoms with Gasteiger partial charge in [-0.2, -0.15) is 0 Å². The number of benzene rings is 1. The van der Waals surface area contributed by atoms with Gasteiger partial charge in [-0.25, -0.2) is 0 Å². The number of rotatable bonds is 11. The van der Waals surface area contributed by atoms with Crippen LogP contribution in [0.5, 0.6) is 0 Å². The van der Waals surface area contributed by atoms with Gasteiger partial charge in [0.2, 0.25) is 0 Å². The highest BCUT2D eigenvalue weighted by Crippen LogP contribution is 2.30. The lowest BCUT2D eigenvalue weighted by molar-refractivity contribution is 0.159. The third-order valence-electron chi connectivity index (χ3n) is 5.55. The Morgan fingerprint density at radius 2 is 1.68 bits per heavy atom. The zero-order chi connectivity index (χ0) is 18.1. The van der Waals surface area contributed by atoms with Gasteiger partial charge in [0.25, 0.3) is 0 Å². The lowest BCUT2D eigenvalue weighted by Gasteiger charge is -2.28. The molecular weight excluding hydrogens is 310 g/mol. The zero-order valence-corrected chi connectivity index (χ0v) is 16.2. The minimum Gasteiger partial charge on any atom is -0.391 e. The maximum absolute atomic E-state index is 10.4. The second-order valence-electron chi connectivity index (χ2n) is 7.57. The second-order valence-corrected chi connectivity index (χ2v) is 7.57. The SMILES string of the molecule is CCCCCCC1C(O)CCN1c1ccc(C(O)CCCCC)cc1. The van der Waals surface area contributed by atoms with Crippen molar-refractivity contribution in [3.8, 4) is 0 Å². The van der Waals surface area contributed by atoms with Gasteiger partial charge in [-0.3, -0.25) is 0 Å². The smallest absolute Gasteiger partial charge is 0.0790 e. The van der Waals surface area contributed by atoms with E-state index < -0.39 is 0 Å². The maximum Gasteiger partial charge on any atom is 0.0790 e. The monoisotopic (exact) mass is 347 g/mol. The van der Waals surface area contributed by atoms with Crippen LogP contribution in [0.15, 0.2) is 24.3 Å². The summed E-state index contributed by atoms with van der Waals surface area (Å²) in [6, 6.07) is 8.61. The standard InChI is InChI=1S/C22H37NO2/c1-3-5-7-9-10-20-22(25)16-17-23(20)19-14-12-18(13-15-19)21(24)11-8-6-4-2/h12-15,20-22,24-25H,3-11,16-17H2,1-2H3. The van der Waals surface area contributed by atoms with Crippen LogP contribution in [0.4, 0.5) is 5.69 Å². The van der Waals surface area contributed by atoms with E-state index in [-0.39, 0.29) is 18.2 Å². The van der Waals surface area contributed by atoms with E-state index in [1.165, 1.54) is 44.2 Å². The molecule has 0 aromatic heterocycles. The predicted octanol–water partition coefficient (Wildman–Crippen LogP) is 5.21. The first-order chi connectivity index (χ1) is 12.2. The molecule has 1 aromatic carbocycles. The Bertz CT molecular complexity index is 473. The van der Waals surface area contributed by atoms with Gasteiger partial charge in [0.05, 0.1) is 18.2 Å². The molecule has 25 heavy (non-hydrogen) atoms. The molecule has 0 aliphatic carbocycles. The van der Waals surface area contributed by atoms with Crippen molar-refractivity contribution in [2.45, 2.75) is 96.3 Å². The minimum absolute atomic E-state index is 0.207. The summed E-state index contributed by atoms with van der Waals surface area (Å²) in [5.74, 6) is 0. The Balaban J connectivity index is 1.92. The van der Waals surface area contributed by atoms with E-state index in [0.717, 1.165) is 37.8 Å². The van der Waals surface area contributed by atoms with Gasteiger partial charge in [0.15, 0.2) is 0 Å². The van der Waals surface area contributed by atoms with Crippen molar-refractivity contribution in [1.82, 2.24) is 0 Å². The number of aliphatic hydroxyl groups excluding tert-OH is 2. The Kier molecular flexibility index (Phi) is 8.77. The fraction of sp³-hybridized carbons (Fsp3) is 0.727. The van der Waals surface area contributed by atoms with Gasteiger partial charge in [-0.1, -0.05) is 70.9 Å². The first-order valence-corrected chi connectivity index (χ1v) is 10.4. The molecule has 0 bridgehead atoms. The number of anilines is 1. The van der Waals surface area contributed by atoms with Crippen LogP contribution >= 0.6 is 0 Å². The molecule has 2 N–H and O–H groups in total. The summed E-state index contributed by atoms with van der Waals surface area (Å²) in [4.78, 5) is 2.36. The Hall–Kier alpha value is -1.06. The highest BCUT2D eigenvalue weighted by molar-refractivity contribution is 5.50. The molecule has 1 aliphatic heterocycles. The summed E-state index contributed by atoms with van der Waals surface area (Å²) >= 11 is 0. The van der Waals surface area contributed by atoms with E-state index in [0.29, 0.717) is 0 Å².